The van der Waals surface area contributed by atoms with Gasteiger partial charge < -0.3 is 9.67 Å². The van der Waals surface area contributed by atoms with E-state index in [9.17, 15) is 5.11 Å². The number of rotatable bonds is 3. The minimum absolute atomic E-state index is 0.139. The Morgan fingerprint density at radius 3 is 2.40 bits per heavy atom. The van der Waals surface area contributed by atoms with Crippen molar-refractivity contribution < 1.29 is 5.11 Å². The lowest BCUT2D eigenvalue weighted by Gasteiger charge is -2.11. The summed E-state index contributed by atoms with van der Waals surface area (Å²) >= 11 is 12.3. The van der Waals surface area contributed by atoms with Gasteiger partial charge in [-0.25, -0.2) is 4.98 Å². The molecule has 0 aliphatic carbocycles. The highest BCUT2D eigenvalue weighted by Crippen LogP contribution is 2.34. The molecule has 0 fully saturated rings. The van der Waals surface area contributed by atoms with Gasteiger partial charge in [-0.2, -0.15) is 0 Å². The summed E-state index contributed by atoms with van der Waals surface area (Å²) in [7, 11) is 0. The Labute approximate surface area is 155 Å². The number of nitrogens with zero attached hydrogens (tertiary/aromatic N) is 2. The van der Waals surface area contributed by atoms with Gasteiger partial charge in [0.2, 0.25) is 0 Å². The molecule has 1 N–H and O–H groups in total. The van der Waals surface area contributed by atoms with E-state index in [0.29, 0.717) is 28.0 Å². The number of phenolic OH excluding ortho intramolecular Hbond substituents is 1. The molecule has 0 amide bonds. The van der Waals surface area contributed by atoms with Gasteiger partial charge in [0.15, 0.2) is 0 Å². The third-order valence-electron chi connectivity index (χ3n) is 4.09. The van der Waals surface area contributed by atoms with Crippen LogP contribution >= 0.6 is 23.2 Å². The lowest BCUT2D eigenvalue weighted by Crippen LogP contribution is -2.02. The fourth-order valence-corrected chi connectivity index (χ4v) is 3.26. The first-order valence-electron chi connectivity index (χ1n) is 7.80. The van der Waals surface area contributed by atoms with E-state index in [1.54, 1.807) is 18.2 Å². The molecule has 3 nitrogen and oxygen atoms in total. The highest BCUT2D eigenvalue weighted by molar-refractivity contribution is 6.31. The van der Waals surface area contributed by atoms with Crippen molar-refractivity contribution in [3.8, 4) is 17.1 Å². The molecule has 25 heavy (non-hydrogen) atoms. The Bertz CT molecular complexity index is 1060. The maximum Gasteiger partial charge on any atom is 0.145 e. The second kappa shape index (κ2) is 6.43. The average Bonchev–Trinajstić information content (AvgIpc) is 2.95. The molecule has 0 unspecified atom stereocenters. The van der Waals surface area contributed by atoms with Gasteiger partial charge in [-0.15, -0.1) is 0 Å². The first kappa shape index (κ1) is 16.0. The van der Waals surface area contributed by atoms with Gasteiger partial charge in [-0.3, -0.25) is 0 Å². The van der Waals surface area contributed by atoms with E-state index in [-0.39, 0.29) is 5.75 Å². The third kappa shape index (κ3) is 3.09. The van der Waals surface area contributed by atoms with Crippen molar-refractivity contribution in [2.75, 3.05) is 0 Å². The Morgan fingerprint density at radius 2 is 1.60 bits per heavy atom. The summed E-state index contributed by atoms with van der Waals surface area (Å²) in [5.41, 5.74) is 3.45. The molecule has 5 heteroatoms. The summed E-state index contributed by atoms with van der Waals surface area (Å²) in [6.07, 6.45) is 0. The van der Waals surface area contributed by atoms with E-state index < -0.39 is 0 Å². The van der Waals surface area contributed by atoms with Gasteiger partial charge in [-0.05, 0) is 42.0 Å². The number of fused-ring (bicyclic) bond motifs is 1. The molecular weight excluding hydrogens is 355 g/mol. The summed E-state index contributed by atoms with van der Waals surface area (Å²) in [5, 5.41) is 11.5. The maximum atomic E-state index is 10.3. The summed E-state index contributed by atoms with van der Waals surface area (Å²) in [4.78, 5) is 4.70. The SMILES string of the molecule is Oc1ccc(Cl)cc1-c1nc2cc(Cl)ccc2n1Cc1ccccc1. The monoisotopic (exact) mass is 368 g/mol. The largest absolute Gasteiger partial charge is 0.507 e. The van der Waals surface area contributed by atoms with E-state index in [1.165, 1.54) is 0 Å². The van der Waals surface area contributed by atoms with Crippen LogP contribution in [0.2, 0.25) is 10.0 Å². The molecule has 0 aliphatic heterocycles. The number of phenols is 1. The number of hydrogen-bond donors (Lipinski definition) is 1. The minimum atomic E-state index is 0.139. The maximum absolute atomic E-state index is 10.3. The van der Waals surface area contributed by atoms with E-state index in [1.807, 2.05) is 36.4 Å². The first-order valence-corrected chi connectivity index (χ1v) is 8.56. The van der Waals surface area contributed by atoms with E-state index >= 15 is 0 Å². The number of aromatic hydroxyl groups is 1. The highest BCUT2D eigenvalue weighted by atomic mass is 35.5. The van der Waals surface area contributed by atoms with Crippen LogP contribution in [0, 0.1) is 0 Å². The topological polar surface area (TPSA) is 38.1 Å². The van der Waals surface area contributed by atoms with Crippen LogP contribution in [0.1, 0.15) is 5.56 Å². The zero-order valence-electron chi connectivity index (χ0n) is 13.2. The Morgan fingerprint density at radius 1 is 0.880 bits per heavy atom. The Balaban J connectivity index is 1.96. The molecule has 0 saturated carbocycles. The van der Waals surface area contributed by atoms with Gasteiger partial charge in [0.25, 0.3) is 0 Å². The molecule has 124 valence electrons. The predicted molar refractivity (Wildman–Crippen MR) is 102 cm³/mol. The normalized spacial score (nSPS) is 11.1. The van der Waals surface area contributed by atoms with Crippen molar-refractivity contribution in [3.63, 3.8) is 0 Å². The molecule has 3 aromatic carbocycles. The summed E-state index contributed by atoms with van der Waals surface area (Å²) in [6.45, 7) is 0.625. The van der Waals surface area contributed by atoms with Gasteiger partial charge in [0.1, 0.15) is 11.6 Å². The average molecular weight is 369 g/mol. The number of aromatic nitrogens is 2. The molecule has 4 aromatic rings. The molecule has 0 aliphatic rings. The van der Waals surface area contributed by atoms with E-state index in [0.717, 1.165) is 16.6 Å². The van der Waals surface area contributed by atoms with Crippen LogP contribution in [-0.2, 0) is 6.54 Å². The van der Waals surface area contributed by atoms with Crippen LogP contribution in [0.4, 0.5) is 0 Å². The van der Waals surface area contributed by atoms with Crippen LogP contribution in [0.5, 0.6) is 5.75 Å². The smallest absolute Gasteiger partial charge is 0.145 e. The van der Waals surface area contributed by atoms with Crippen molar-refractivity contribution in [2.24, 2.45) is 0 Å². The molecular formula is C20H14Cl2N2O. The van der Waals surface area contributed by atoms with Gasteiger partial charge in [0, 0.05) is 16.6 Å². The molecule has 0 bridgehead atoms. The fourth-order valence-electron chi connectivity index (χ4n) is 2.92. The van der Waals surface area contributed by atoms with Gasteiger partial charge in [0.05, 0.1) is 16.6 Å². The lowest BCUT2D eigenvalue weighted by atomic mass is 10.1. The van der Waals surface area contributed by atoms with Crippen molar-refractivity contribution in [1.82, 2.24) is 9.55 Å². The Hall–Kier alpha value is -2.49. The van der Waals surface area contributed by atoms with Crippen molar-refractivity contribution in [1.29, 1.82) is 0 Å². The lowest BCUT2D eigenvalue weighted by molar-refractivity contribution is 0.476. The van der Waals surface area contributed by atoms with E-state index in [4.69, 9.17) is 28.2 Å². The number of imidazole rings is 1. The van der Waals surface area contributed by atoms with Crippen LogP contribution in [0.15, 0.2) is 66.7 Å². The zero-order chi connectivity index (χ0) is 17.4. The summed E-state index contributed by atoms with van der Waals surface area (Å²) < 4.78 is 2.06. The van der Waals surface area contributed by atoms with Gasteiger partial charge >= 0.3 is 0 Å². The molecule has 1 aromatic heterocycles. The number of halogens is 2. The number of benzene rings is 3. The van der Waals surface area contributed by atoms with Crippen molar-refractivity contribution >= 4 is 34.2 Å². The van der Waals surface area contributed by atoms with Crippen LogP contribution in [-0.4, -0.2) is 14.7 Å². The van der Waals surface area contributed by atoms with Crippen LogP contribution in [0.3, 0.4) is 0 Å². The molecule has 0 atom stereocenters. The first-order chi connectivity index (χ1) is 12.1. The second-order valence-corrected chi connectivity index (χ2v) is 6.67. The molecule has 1 heterocycles. The standard InChI is InChI=1S/C20H14Cl2N2O/c21-14-7-9-19(25)16(10-14)20-23-17-11-15(22)6-8-18(17)24(20)12-13-4-2-1-3-5-13/h1-11,25H,12H2. The Kier molecular flexibility index (Phi) is 4.12. The minimum Gasteiger partial charge on any atom is -0.507 e. The highest BCUT2D eigenvalue weighted by Gasteiger charge is 2.16. The van der Waals surface area contributed by atoms with Crippen molar-refractivity contribution in [2.45, 2.75) is 6.54 Å². The molecule has 0 radical (unpaired) electrons. The third-order valence-corrected chi connectivity index (χ3v) is 4.56. The summed E-state index contributed by atoms with van der Waals surface area (Å²) in [6, 6.07) is 20.7. The predicted octanol–water partition coefficient (Wildman–Crippen LogP) is 5.76. The van der Waals surface area contributed by atoms with E-state index in [2.05, 4.69) is 16.7 Å². The van der Waals surface area contributed by atoms with Crippen molar-refractivity contribution in [3.05, 3.63) is 82.3 Å². The fraction of sp³-hybridized carbons (Fsp3) is 0.0500. The molecule has 4 rings (SSSR count). The van der Waals surface area contributed by atoms with Crippen LogP contribution in [0.25, 0.3) is 22.4 Å². The molecule has 0 saturated heterocycles. The van der Waals surface area contributed by atoms with Gasteiger partial charge in [-0.1, -0.05) is 53.5 Å². The zero-order valence-corrected chi connectivity index (χ0v) is 14.7. The quantitative estimate of drug-likeness (QED) is 0.498. The number of hydrogen-bond acceptors (Lipinski definition) is 2. The molecule has 0 spiro atoms. The summed E-state index contributed by atoms with van der Waals surface area (Å²) in [5.74, 6) is 0.793. The van der Waals surface area contributed by atoms with Crippen LogP contribution < -0.4 is 0 Å². The second-order valence-electron chi connectivity index (χ2n) is 5.80.